The molecule has 2 heterocycles. The predicted molar refractivity (Wildman–Crippen MR) is 63.0 cm³/mol. The molecule has 4 heteroatoms. The lowest BCUT2D eigenvalue weighted by Crippen LogP contribution is -2.23. The van der Waals surface area contributed by atoms with Gasteiger partial charge in [0, 0.05) is 30.1 Å². The van der Waals surface area contributed by atoms with Gasteiger partial charge < -0.3 is 5.21 Å². The number of carbonyl (C=O) groups excluding carboxylic acids is 1. The quantitative estimate of drug-likeness (QED) is 0.346. The largest absolute Gasteiger partial charge is 0.619 e. The molecule has 0 amide bonds. The van der Waals surface area contributed by atoms with Crippen molar-refractivity contribution in [1.82, 2.24) is 4.98 Å². The van der Waals surface area contributed by atoms with E-state index < -0.39 is 0 Å². The second-order valence-electron chi connectivity index (χ2n) is 3.43. The number of hydrogen-bond acceptors (Lipinski definition) is 3. The van der Waals surface area contributed by atoms with Gasteiger partial charge in [0.2, 0.25) is 0 Å². The van der Waals surface area contributed by atoms with Crippen LogP contribution >= 0.6 is 0 Å². The van der Waals surface area contributed by atoms with Crippen LogP contribution in [0.1, 0.15) is 15.9 Å². The van der Waals surface area contributed by atoms with Gasteiger partial charge in [0.1, 0.15) is 0 Å². The van der Waals surface area contributed by atoms with Crippen LogP contribution < -0.4 is 4.73 Å². The van der Waals surface area contributed by atoms with Crippen molar-refractivity contribution in [2.75, 3.05) is 0 Å². The Morgan fingerprint density at radius 1 is 1.29 bits per heavy atom. The summed E-state index contributed by atoms with van der Waals surface area (Å²) >= 11 is 0. The van der Waals surface area contributed by atoms with Crippen LogP contribution in [0.2, 0.25) is 0 Å². The summed E-state index contributed by atoms with van der Waals surface area (Å²) in [6.07, 6.45) is 9.02. The molecule has 0 fully saturated rings. The monoisotopic (exact) mass is 226 g/mol. The van der Waals surface area contributed by atoms with Gasteiger partial charge in [-0.2, -0.15) is 4.73 Å². The van der Waals surface area contributed by atoms with Crippen molar-refractivity contribution >= 4 is 11.9 Å². The van der Waals surface area contributed by atoms with E-state index in [9.17, 15) is 10.0 Å². The third kappa shape index (κ3) is 2.98. The highest BCUT2D eigenvalue weighted by Crippen LogP contribution is 2.03. The molecule has 4 nitrogen and oxygen atoms in total. The van der Waals surface area contributed by atoms with Crippen LogP contribution in [0.15, 0.2) is 55.1 Å². The van der Waals surface area contributed by atoms with E-state index in [-0.39, 0.29) is 5.78 Å². The molecule has 0 saturated carbocycles. The third-order valence-electron chi connectivity index (χ3n) is 2.20. The van der Waals surface area contributed by atoms with Crippen LogP contribution in [0.25, 0.3) is 6.08 Å². The fourth-order valence-corrected chi connectivity index (χ4v) is 1.31. The van der Waals surface area contributed by atoms with Crippen molar-refractivity contribution in [3.05, 3.63) is 71.5 Å². The molecule has 0 bridgehead atoms. The smallest absolute Gasteiger partial charge is 0.187 e. The Bertz CT molecular complexity index is 533. The normalized spacial score (nSPS) is 10.6. The van der Waals surface area contributed by atoms with E-state index >= 15 is 0 Å². The first-order valence-electron chi connectivity index (χ1n) is 5.07. The summed E-state index contributed by atoms with van der Waals surface area (Å²) in [5, 5.41) is 10.8. The Labute approximate surface area is 98.5 Å². The highest BCUT2D eigenvalue weighted by atomic mass is 16.5. The zero-order valence-corrected chi connectivity index (χ0v) is 8.98. The van der Waals surface area contributed by atoms with Crippen molar-refractivity contribution in [2.45, 2.75) is 0 Å². The molecule has 0 unspecified atom stereocenters. The van der Waals surface area contributed by atoms with Gasteiger partial charge in [-0.05, 0) is 23.8 Å². The van der Waals surface area contributed by atoms with Crippen LogP contribution in [-0.4, -0.2) is 10.8 Å². The van der Waals surface area contributed by atoms with E-state index in [0.29, 0.717) is 10.3 Å². The zero-order chi connectivity index (χ0) is 12.1. The SMILES string of the molecule is O=C(C=Cc1cc[n+]([O-])cc1)c1cccnc1. The summed E-state index contributed by atoms with van der Waals surface area (Å²) in [5.41, 5.74) is 1.34. The molecule has 0 N–H and O–H groups in total. The number of hydrogen-bond donors (Lipinski definition) is 0. The molecule has 2 rings (SSSR count). The Balaban J connectivity index is 2.11. The molecule has 0 aliphatic heterocycles. The van der Waals surface area contributed by atoms with E-state index in [1.807, 2.05) is 0 Å². The van der Waals surface area contributed by atoms with E-state index in [0.717, 1.165) is 5.56 Å². The van der Waals surface area contributed by atoms with E-state index in [1.54, 1.807) is 36.5 Å². The van der Waals surface area contributed by atoms with Gasteiger partial charge in [0.15, 0.2) is 18.2 Å². The number of nitrogens with zero attached hydrogens (tertiary/aromatic N) is 2. The lowest BCUT2D eigenvalue weighted by atomic mass is 10.1. The molecular formula is C13H10N2O2. The maximum Gasteiger partial charge on any atom is 0.187 e. The second-order valence-corrected chi connectivity index (χ2v) is 3.43. The average molecular weight is 226 g/mol. The van der Waals surface area contributed by atoms with Crippen molar-refractivity contribution in [3.63, 3.8) is 0 Å². The fraction of sp³-hybridized carbons (Fsp3) is 0. The molecule has 0 radical (unpaired) electrons. The average Bonchev–Trinajstić information content (AvgIpc) is 2.39. The Morgan fingerprint density at radius 2 is 2.06 bits per heavy atom. The molecule has 84 valence electrons. The predicted octanol–water partition coefficient (Wildman–Crippen LogP) is 1.61. The first-order valence-corrected chi connectivity index (χ1v) is 5.07. The maximum absolute atomic E-state index is 11.7. The van der Waals surface area contributed by atoms with Crippen LogP contribution in [0.4, 0.5) is 0 Å². The third-order valence-corrected chi connectivity index (χ3v) is 2.20. The van der Waals surface area contributed by atoms with Gasteiger partial charge in [0.25, 0.3) is 0 Å². The minimum absolute atomic E-state index is 0.114. The molecule has 0 atom stereocenters. The van der Waals surface area contributed by atoms with Crippen molar-refractivity contribution in [2.24, 2.45) is 0 Å². The summed E-state index contributed by atoms with van der Waals surface area (Å²) in [7, 11) is 0. The number of ketones is 1. The molecule has 0 aromatic carbocycles. The molecular weight excluding hydrogens is 216 g/mol. The fourth-order valence-electron chi connectivity index (χ4n) is 1.31. The molecule has 2 aromatic rings. The van der Waals surface area contributed by atoms with E-state index in [1.165, 1.54) is 24.7 Å². The van der Waals surface area contributed by atoms with Gasteiger partial charge >= 0.3 is 0 Å². The number of aromatic nitrogens is 2. The van der Waals surface area contributed by atoms with E-state index in [2.05, 4.69) is 4.98 Å². The molecule has 0 saturated heterocycles. The number of rotatable bonds is 3. The molecule has 0 aliphatic carbocycles. The van der Waals surface area contributed by atoms with Gasteiger partial charge in [0.05, 0.1) is 0 Å². The van der Waals surface area contributed by atoms with Crippen molar-refractivity contribution < 1.29 is 9.52 Å². The lowest BCUT2D eigenvalue weighted by Gasteiger charge is -1.95. The molecule has 2 aromatic heterocycles. The summed E-state index contributed by atoms with van der Waals surface area (Å²) in [4.78, 5) is 15.6. The topological polar surface area (TPSA) is 56.9 Å². The van der Waals surface area contributed by atoms with Gasteiger partial charge in [-0.3, -0.25) is 9.78 Å². The van der Waals surface area contributed by atoms with Crippen LogP contribution in [-0.2, 0) is 0 Å². The molecule has 17 heavy (non-hydrogen) atoms. The highest BCUT2D eigenvalue weighted by molar-refractivity contribution is 6.06. The summed E-state index contributed by atoms with van der Waals surface area (Å²) < 4.78 is 0.695. The Kier molecular flexibility index (Phi) is 3.25. The number of carbonyl (C=O) groups is 1. The summed E-state index contributed by atoms with van der Waals surface area (Å²) in [6.45, 7) is 0. The number of allylic oxidation sites excluding steroid dienone is 1. The first kappa shape index (κ1) is 11.0. The van der Waals surface area contributed by atoms with Gasteiger partial charge in [-0.1, -0.05) is 6.08 Å². The zero-order valence-electron chi connectivity index (χ0n) is 8.98. The second kappa shape index (κ2) is 5.03. The standard InChI is InChI=1S/C13H10N2O2/c16-13(12-2-1-7-14-10-12)4-3-11-5-8-15(17)9-6-11/h1-10H. The van der Waals surface area contributed by atoms with Gasteiger partial charge in [-0.15, -0.1) is 0 Å². The van der Waals surface area contributed by atoms with Crippen molar-refractivity contribution in [1.29, 1.82) is 0 Å². The van der Waals surface area contributed by atoms with Gasteiger partial charge in [-0.25, -0.2) is 0 Å². The minimum Gasteiger partial charge on any atom is -0.619 e. The summed E-state index contributed by atoms with van der Waals surface area (Å²) in [5.74, 6) is -0.114. The Hall–Kier alpha value is -2.49. The lowest BCUT2D eigenvalue weighted by molar-refractivity contribution is -0.605. The number of pyridine rings is 2. The van der Waals surface area contributed by atoms with Crippen molar-refractivity contribution in [3.8, 4) is 0 Å². The van der Waals surface area contributed by atoms with Crippen LogP contribution in [0.5, 0.6) is 0 Å². The summed E-state index contributed by atoms with van der Waals surface area (Å²) in [6, 6.07) is 6.69. The first-order chi connectivity index (χ1) is 8.25. The van der Waals surface area contributed by atoms with Crippen LogP contribution in [0.3, 0.4) is 0 Å². The minimum atomic E-state index is -0.114. The van der Waals surface area contributed by atoms with E-state index in [4.69, 9.17) is 0 Å². The van der Waals surface area contributed by atoms with Crippen LogP contribution in [0, 0.1) is 5.21 Å². The highest BCUT2D eigenvalue weighted by Gasteiger charge is 2.00. The molecule has 0 spiro atoms. The molecule has 0 aliphatic rings. The Morgan fingerprint density at radius 3 is 2.71 bits per heavy atom. The maximum atomic E-state index is 11.7.